The molecule has 3 rings (SSSR count). The van der Waals surface area contributed by atoms with Gasteiger partial charge in [-0.15, -0.1) is 0 Å². The molecule has 124 valence electrons. The zero-order valence-corrected chi connectivity index (χ0v) is 15.2. The zero-order valence-electron chi connectivity index (χ0n) is 13.4. The maximum atomic E-state index is 12.3. The Morgan fingerprint density at radius 3 is 1.17 bits per heavy atom. The van der Waals surface area contributed by atoms with Crippen molar-refractivity contribution >= 4 is 33.4 Å². The van der Waals surface area contributed by atoms with E-state index in [9.17, 15) is 8.42 Å². The van der Waals surface area contributed by atoms with Crippen LogP contribution in [0, 0.1) is 0 Å². The summed E-state index contributed by atoms with van der Waals surface area (Å²) in [6, 6.07) is 29.6. The monoisotopic (exact) mass is 357 g/mol. The van der Waals surface area contributed by atoms with E-state index in [2.05, 4.69) is 4.49 Å². The van der Waals surface area contributed by atoms with E-state index in [4.69, 9.17) is 0 Å². The van der Waals surface area contributed by atoms with E-state index in [0.29, 0.717) is 0 Å². The molecular weight excluding hydrogens is 337 g/mol. The zero-order chi connectivity index (χ0) is 17.0. The van der Waals surface area contributed by atoms with Crippen molar-refractivity contribution in [2.24, 2.45) is 0 Å². The van der Waals surface area contributed by atoms with Gasteiger partial charge in [-0.05, 0) is 0 Å². The summed E-state index contributed by atoms with van der Waals surface area (Å²) in [5, 5.41) is 3.02. The Bertz CT molecular complexity index is 801. The molecule has 0 aliphatic carbocycles. The SMILES string of the molecule is CS(=O)(=O)N[PH](c1ccccc1)(c1ccccc1)c1ccccc1. The van der Waals surface area contributed by atoms with Gasteiger partial charge in [0.05, 0.1) is 0 Å². The molecule has 0 unspecified atom stereocenters. The van der Waals surface area contributed by atoms with Crippen LogP contribution in [0.1, 0.15) is 0 Å². The number of hydrogen-bond acceptors (Lipinski definition) is 2. The predicted octanol–water partition coefficient (Wildman–Crippen LogP) is 2.18. The minimum atomic E-state index is -3.41. The van der Waals surface area contributed by atoms with Crippen molar-refractivity contribution in [2.45, 2.75) is 0 Å². The van der Waals surface area contributed by atoms with Crippen molar-refractivity contribution in [1.82, 2.24) is 4.49 Å². The van der Waals surface area contributed by atoms with E-state index in [1.807, 2.05) is 91.0 Å². The van der Waals surface area contributed by atoms with Crippen LogP contribution in [-0.4, -0.2) is 14.7 Å². The van der Waals surface area contributed by atoms with Gasteiger partial charge in [0.2, 0.25) is 0 Å². The van der Waals surface area contributed by atoms with Crippen LogP contribution in [0.15, 0.2) is 91.0 Å². The summed E-state index contributed by atoms with van der Waals surface area (Å²) in [5.41, 5.74) is 0. The first-order valence-corrected chi connectivity index (χ1v) is 11.6. The molecule has 0 heterocycles. The molecule has 3 nitrogen and oxygen atoms in total. The van der Waals surface area contributed by atoms with Gasteiger partial charge in [-0.3, -0.25) is 0 Å². The van der Waals surface area contributed by atoms with Crippen molar-refractivity contribution in [3.63, 3.8) is 0 Å². The maximum absolute atomic E-state index is 12.3. The van der Waals surface area contributed by atoms with Gasteiger partial charge in [0, 0.05) is 0 Å². The molecule has 0 spiro atoms. The van der Waals surface area contributed by atoms with Crippen LogP contribution >= 0.6 is 7.41 Å². The van der Waals surface area contributed by atoms with Crippen LogP contribution in [0.5, 0.6) is 0 Å². The average Bonchev–Trinajstić information content (AvgIpc) is 2.61. The number of rotatable bonds is 5. The van der Waals surface area contributed by atoms with E-state index >= 15 is 0 Å². The standard InChI is InChI=1S/C19H20NO2PS/c1-24(21,22)20-23(17-11-5-2-6-12-17,18-13-7-3-8-14-18)19-15-9-4-10-16-19/h2-16,20,23H,1H3. The fourth-order valence-corrected chi connectivity index (χ4v) is 9.74. The Kier molecular flexibility index (Phi) is 4.81. The van der Waals surface area contributed by atoms with Crippen molar-refractivity contribution in [3.05, 3.63) is 91.0 Å². The van der Waals surface area contributed by atoms with E-state index in [1.165, 1.54) is 6.26 Å². The number of hydrogen-bond donors (Lipinski definition) is 1. The van der Waals surface area contributed by atoms with Gasteiger partial charge in [-0.2, -0.15) is 0 Å². The van der Waals surface area contributed by atoms with E-state index in [0.717, 1.165) is 15.9 Å². The van der Waals surface area contributed by atoms with E-state index < -0.39 is 17.4 Å². The summed E-state index contributed by atoms with van der Waals surface area (Å²) in [5.74, 6) is 0. The van der Waals surface area contributed by atoms with Gasteiger partial charge >= 0.3 is 144 Å². The van der Waals surface area contributed by atoms with Gasteiger partial charge in [0.25, 0.3) is 0 Å². The van der Waals surface area contributed by atoms with Crippen LogP contribution in [0.4, 0.5) is 0 Å². The van der Waals surface area contributed by atoms with Crippen LogP contribution in [-0.2, 0) is 10.0 Å². The first kappa shape index (κ1) is 16.8. The van der Waals surface area contributed by atoms with Crippen molar-refractivity contribution in [2.75, 3.05) is 6.26 Å². The summed E-state index contributed by atoms with van der Waals surface area (Å²) in [6.45, 7) is 0. The number of sulfonamides is 1. The van der Waals surface area contributed by atoms with Crippen molar-refractivity contribution < 1.29 is 8.42 Å². The number of benzene rings is 3. The van der Waals surface area contributed by atoms with Gasteiger partial charge in [0.15, 0.2) is 0 Å². The summed E-state index contributed by atoms with van der Waals surface area (Å²) in [6.07, 6.45) is 1.23. The third-order valence-corrected chi connectivity index (χ3v) is 10.3. The first-order chi connectivity index (χ1) is 11.5. The molecule has 0 saturated carbocycles. The van der Waals surface area contributed by atoms with Crippen molar-refractivity contribution in [3.8, 4) is 0 Å². The van der Waals surface area contributed by atoms with Gasteiger partial charge in [-0.1, -0.05) is 0 Å². The number of nitrogens with one attached hydrogen (secondary N) is 1. The molecule has 5 heteroatoms. The molecule has 0 amide bonds. The van der Waals surface area contributed by atoms with Crippen molar-refractivity contribution in [1.29, 1.82) is 0 Å². The van der Waals surface area contributed by atoms with Crippen LogP contribution in [0.3, 0.4) is 0 Å². The molecular formula is C19H20NO2PS. The van der Waals surface area contributed by atoms with E-state index in [-0.39, 0.29) is 0 Å². The second kappa shape index (κ2) is 6.86. The Morgan fingerprint density at radius 2 is 0.917 bits per heavy atom. The topological polar surface area (TPSA) is 46.2 Å². The molecule has 0 fully saturated rings. The predicted molar refractivity (Wildman–Crippen MR) is 105 cm³/mol. The molecule has 3 aromatic rings. The quantitative estimate of drug-likeness (QED) is 0.712. The summed E-state index contributed by atoms with van der Waals surface area (Å²) < 4.78 is 27.6. The Hall–Kier alpha value is -2.00. The van der Waals surface area contributed by atoms with Gasteiger partial charge in [-0.25, -0.2) is 0 Å². The molecule has 0 aliphatic rings. The summed E-state index contributed by atoms with van der Waals surface area (Å²) in [4.78, 5) is 0. The molecule has 1 N–H and O–H groups in total. The van der Waals surface area contributed by atoms with Gasteiger partial charge < -0.3 is 0 Å². The fraction of sp³-hybridized carbons (Fsp3) is 0.0526. The first-order valence-electron chi connectivity index (χ1n) is 7.68. The fourth-order valence-electron chi connectivity index (χ4n) is 3.02. The van der Waals surface area contributed by atoms with Crippen LogP contribution in [0.25, 0.3) is 0 Å². The Labute approximate surface area is 143 Å². The van der Waals surface area contributed by atoms with Crippen LogP contribution in [0.2, 0.25) is 0 Å². The Morgan fingerprint density at radius 1 is 0.625 bits per heavy atom. The molecule has 3 aromatic carbocycles. The third kappa shape index (κ3) is 3.41. The normalized spacial score (nSPS) is 12.7. The Balaban J connectivity index is 2.37. The average molecular weight is 357 g/mol. The third-order valence-electron chi connectivity index (χ3n) is 3.96. The molecule has 0 atom stereocenters. The van der Waals surface area contributed by atoms with Gasteiger partial charge in [0.1, 0.15) is 0 Å². The van der Waals surface area contributed by atoms with E-state index in [1.54, 1.807) is 0 Å². The summed E-state index contributed by atoms with van der Waals surface area (Å²) in [7, 11) is -6.31. The van der Waals surface area contributed by atoms with Crippen LogP contribution < -0.4 is 20.4 Å². The second-order valence-electron chi connectivity index (χ2n) is 5.72. The molecule has 0 radical (unpaired) electrons. The molecule has 24 heavy (non-hydrogen) atoms. The minimum absolute atomic E-state index is 1.01. The second-order valence-corrected chi connectivity index (χ2v) is 11.3. The molecule has 0 saturated heterocycles. The molecule has 0 bridgehead atoms. The summed E-state index contributed by atoms with van der Waals surface area (Å²) >= 11 is 0. The molecule has 0 aliphatic heterocycles. The molecule has 0 aromatic heterocycles.